The van der Waals surface area contributed by atoms with Crippen LogP contribution < -0.4 is 4.90 Å². The Morgan fingerprint density at radius 2 is 1.95 bits per heavy atom. The molecule has 0 radical (unpaired) electrons. The van der Waals surface area contributed by atoms with Crippen molar-refractivity contribution in [3.05, 3.63) is 57.9 Å². The molecule has 0 bridgehead atoms. The summed E-state index contributed by atoms with van der Waals surface area (Å²) < 4.78 is 0. The highest BCUT2D eigenvalue weighted by Gasteiger charge is 2.37. The number of hydrogen-bond donors (Lipinski definition) is 0. The maximum atomic E-state index is 12.2. The van der Waals surface area contributed by atoms with Gasteiger partial charge in [-0.3, -0.25) is 14.5 Å². The minimum atomic E-state index is -0.513. The van der Waals surface area contributed by atoms with E-state index in [1.165, 1.54) is 4.90 Å². The first kappa shape index (κ1) is 13.8. The number of carbonyl (C=O) groups excluding carboxylic acids is 2. The van der Waals surface area contributed by atoms with Crippen molar-refractivity contribution in [3.63, 3.8) is 0 Å². The Balaban J connectivity index is 2.05. The van der Waals surface area contributed by atoms with Crippen LogP contribution >= 0.6 is 11.6 Å². The summed E-state index contributed by atoms with van der Waals surface area (Å²) in [5.74, 6) is -0.973. The second-order valence-electron chi connectivity index (χ2n) is 5.15. The van der Waals surface area contributed by atoms with Crippen LogP contribution in [-0.2, 0) is 11.3 Å². The number of nitrogens with zero attached hydrogens (tertiary/aromatic N) is 2. The van der Waals surface area contributed by atoms with Gasteiger partial charge in [-0.1, -0.05) is 23.7 Å². The van der Waals surface area contributed by atoms with Crippen molar-refractivity contribution in [1.82, 2.24) is 4.98 Å². The maximum absolute atomic E-state index is 12.2. The van der Waals surface area contributed by atoms with Gasteiger partial charge < -0.3 is 0 Å². The zero-order chi connectivity index (χ0) is 15.1. The molecule has 1 aliphatic rings. The van der Waals surface area contributed by atoms with Crippen molar-refractivity contribution in [2.45, 2.75) is 20.4 Å². The number of aryl methyl sites for hydroxylation is 2. The number of Topliss-reactive ketones (excluding diaryl/α,β-unsaturated/α-hetero) is 1. The van der Waals surface area contributed by atoms with Gasteiger partial charge in [-0.05, 0) is 43.2 Å². The second kappa shape index (κ2) is 4.97. The highest BCUT2D eigenvalue weighted by Crippen LogP contribution is 2.34. The summed E-state index contributed by atoms with van der Waals surface area (Å²) in [6.07, 6.45) is 0. The quantitative estimate of drug-likeness (QED) is 0.632. The molecule has 2 aromatic rings. The molecule has 1 aromatic heterocycles. The molecule has 0 N–H and O–H groups in total. The summed E-state index contributed by atoms with van der Waals surface area (Å²) >= 11 is 5.87. The molecule has 106 valence electrons. The van der Waals surface area contributed by atoms with Crippen LogP contribution in [0.25, 0.3) is 0 Å². The SMILES string of the molecule is Cc1cc(C)c2c(c1)C(=O)C(=O)N2Cc1cccc(Cl)n1. The first-order chi connectivity index (χ1) is 9.97. The number of carbonyl (C=O) groups is 2. The van der Waals surface area contributed by atoms with E-state index in [2.05, 4.69) is 4.98 Å². The number of ketones is 1. The van der Waals surface area contributed by atoms with Crippen molar-refractivity contribution >= 4 is 29.0 Å². The van der Waals surface area contributed by atoms with E-state index in [-0.39, 0.29) is 6.54 Å². The molecule has 0 aliphatic carbocycles. The standard InChI is InChI=1S/C16H13ClN2O2/c1-9-6-10(2)14-12(7-9)15(20)16(21)19(14)8-11-4-3-5-13(17)18-11/h3-7H,8H2,1-2H3. The fourth-order valence-electron chi connectivity index (χ4n) is 2.68. The third-order valence-corrected chi connectivity index (χ3v) is 3.70. The molecule has 3 rings (SSSR count). The van der Waals surface area contributed by atoms with Crippen LogP contribution in [0.2, 0.25) is 5.15 Å². The van der Waals surface area contributed by atoms with Gasteiger partial charge in [-0.15, -0.1) is 0 Å². The average Bonchev–Trinajstić information content (AvgIpc) is 2.64. The predicted molar refractivity (Wildman–Crippen MR) is 80.7 cm³/mol. The van der Waals surface area contributed by atoms with Gasteiger partial charge >= 0.3 is 0 Å². The van der Waals surface area contributed by atoms with E-state index in [0.717, 1.165) is 11.1 Å². The zero-order valence-electron chi connectivity index (χ0n) is 11.7. The first-order valence-electron chi connectivity index (χ1n) is 6.56. The smallest absolute Gasteiger partial charge is 0.298 e. The molecule has 0 fully saturated rings. The number of benzene rings is 1. The van der Waals surface area contributed by atoms with Gasteiger partial charge in [0.1, 0.15) is 5.15 Å². The number of fused-ring (bicyclic) bond motifs is 1. The van der Waals surface area contributed by atoms with E-state index in [9.17, 15) is 9.59 Å². The number of rotatable bonds is 2. The summed E-state index contributed by atoms with van der Waals surface area (Å²) in [7, 11) is 0. The molecule has 2 heterocycles. The normalized spacial score (nSPS) is 13.8. The van der Waals surface area contributed by atoms with E-state index >= 15 is 0 Å². The minimum absolute atomic E-state index is 0.238. The largest absolute Gasteiger partial charge is 0.299 e. The fourth-order valence-corrected chi connectivity index (χ4v) is 2.86. The molecule has 1 aromatic carbocycles. The van der Waals surface area contributed by atoms with Crippen molar-refractivity contribution < 1.29 is 9.59 Å². The highest BCUT2D eigenvalue weighted by molar-refractivity contribution is 6.52. The summed E-state index contributed by atoms with van der Waals surface area (Å²) in [5.41, 5.74) is 3.68. The van der Waals surface area contributed by atoms with Crippen LogP contribution in [0.5, 0.6) is 0 Å². The Hall–Kier alpha value is -2.20. The third kappa shape index (κ3) is 2.32. The van der Waals surface area contributed by atoms with Crippen LogP contribution in [0.15, 0.2) is 30.3 Å². The molecule has 0 saturated carbocycles. The topological polar surface area (TPSA) is 50.3 Å². The number of amides is 1. The Bertz CT molecular complexity index is 771. The van der Waals surface area contributed by atoms with Crippen LogP contribution in [-0.4, -0.2) is 16.7 Å². The summed E-state index contributed by atoms with van der Waals surface area (Å²) in [6.45, 7) is 4.05. The fraction of sp³-hybridized carbons (Fsp3) is 0.188. The lowest BCUT2D eigenvalue weighted by atomic mass is 10.0. The van der Waals surface area contributed by atoms with E-state index in [0.29, 0.717) is 22.1 Å². The highest BCUT2D eigenvalue weighted by atomic mass is 35.5. The predicted octanol–water partition coefficient (Wildman–Crippen LogP) is 3.08. The molecular weight excluding hydrogens is 288 g/mol. The zero-order valence-corrected chi connectivity index (χ0v) is 12.4. The van der Waals surface area contributed by atoms with Gasteiger partial charge in [-0.25, -0.2) is 4.98 Å². The molecule has 0 spiro atoms. The van der Waals surface area contributed by atoms with E-state index in [4.69, 9.17) is 11.6 Å². The number of hydrogen-bond acceptors (Lipinski definition) is 3. The lowest BCUT2D eigenvalue weighted by Gasteiger charge is -2.18. The van der Waals surface area contributed by atoms with Crippen molar-refractivity contribution in [3.8, 4) is 0 Å². The number of halogens is 1. The Labute approximate surface area is 127 Å². The third-order valence-electron chi connectivity index (χ3n) is 3.49. The van der Waals surface area contributed by atoms with E-state index in [1.807, 2.05) is 19.9 Å². The van der Waals surface area contributed by atoms with Gasteiger partial charge in [0.2, 0.25) is 0 Å². The lowest BCUT2D eigenvalue weighted by Crippen LogP contribution is -2.29. The molecular formula is C16H13ClN2O2. The van der Waals surface area contributed by atoms with Crippen LogP contribution in [0.4, 0.5) is 5.69 Å². The molecule has 0 unspecified atom stereocenters. The Morgan fingerprint density at radius 1 is 1.19 bits per heavy atom. The Morgan fingerprint density at radius 3 is 2.67 bits per heavy atom. The second-order valence-corrected chi connectivity index (χ2v) is 5.54. The molecule has 1 aliphatic heterocycles. The first-order valence-corrected chi connectivity index (χ1v) is 6.94. The number of pyridine rings is 1. The van der Waals surface area contributed by atoms with Crippen molar-refractivity contribution in [2.24, 2.45) is 0 Å². The lowest BCUT2D eigenvalue weighted by molar-refractivity contribution is -0.114. The van der Waals surface area contributed by atoms with Crippen molar-refractivity contribution in [2.75, 3.05) is 4.90 Å². The van der Waals surface area contributed by atoms with Gasteiger partial charge in [0.05, 0.1) is 23.5 Å². The molecule has 1 amide bonds. The summed E-state index contributed by atoms with van der Waals surface area (Å²) in [5, 5.41) is 0.367. The molecule has 5 heteroatoms. The summed E-state index contributed by atoms with van der Waals surface area (Å²) in [6, 6.07) is 8.95. The van der Waals surface area contributed by atoms with E-state index in [1.54, 1.807) is 24.3 Å². The van der Waals surface area contributed by atoms with Gasteiger partial charge in [0.25, 0.3) is 11.7 Å². The van der Waals surface area contributed by atoms with Gasteiger partial charge in [-0.2, -0.15) is 0 Å². The minimum Gasteiger partial charge on any atom is -0.298 e. The van der Waals surface area contributed by atoms with Crippen LogP contribution in [0, 0.1) is 13.8 Å². The van der Waals surface area contributed by atoms with Gasteiger partial charge in [0, 0.05) is 0 Å². The monoisotopic (exact) mass is 300 g/mol. The maximum Gasteiger partial charge on any atom is 0.299 e. The number of aromatic nitrogens is 1. The van der Waals surface area contributed by atoms with E-state index < -0.39 is 11.7 Å². The number of anilines is 1. The van der Waals surface area contributed by atoms with Crippen LogP contribution in [0.3, 0.4) is 0 Å². The Kier molecular flexibility index (Phi) is 3.26. The molecule has 0 saturated heterocycles. The van der Waals surface area contributed by atoms with Crippen LogP contribution in [0.1, 0.15) is 27.2 Å². The molecule has 4 nitrogen and oxygen atoms in total. The average molecular weight is 301 g/mol. The molecule has 0 atom stereocenters. The van der Waals surface area contributed by atoms with Gasteiger partial charge in [0.15, 0.2) is 0 Å². The van der Waals surface area contributed by atoms with Crippen molar-refractivity contribution in [1.29, 1.82) is 0 Å². The summed E-state index contributed by atoms with van der Waals surface area (Å²) in [4.78, 5) is 30.0. The molecule has 21 heavy (non-hydrogen) atoms.